The second kappa shape index (κ2) is 7.53. The lowest BCUT2D eigenvalue weighted by Gasteiger charge is -2.22. The highest BCUT2D eigenvalue weighted by Crippen LogP contribution is 2.31. The third-order valence-electron chi connectivity index (χ3n) is 5.06. The van der Waals surface area contributed by atoms with Gasteiger partial charge in [0.15, 0.2) is 5.65 Å². The van der Waals surface area contributed by atoms with Crippen molar-refractivity contribution < 1.29 is 0 Å². The fraction of sp³-hybridized carbons (Fsp3) is 0.250. The lowest BCUT2D eigenvalue weighted by Crippen LogP contribution is -2.17. The molecule has 0 unspecified atom stereocenters. The maximum Gasteiger partial charge on any atom is 0.165 e. The highest BCUT2D eigenvalue weighted by Gasteiger charge is 2.21. The molecule has 0 spiro atoms. The van der Waals surface area contributed by atoms with Gasteiger partial charge in [0.2, 0.25) is 0 Å². The zero-order valence-corrected chi connectivity index (χ0v) is 17.9. The van der Waals surface area contributed by atoms with Gasteiger partial charge < -0.3 is 5.32 Å². The summed E-state index contributed by atoms with van der Waals surface area (Å²) < 4.78 is 1.89. The predicted molar refractivity (Wildman–Crippen MR) is 121 cm³/mol. The molecule has 0 radical (unpaired) electrons. The number of fused-ring (bicyclic) bond motifs is 1. The normalized spacial score (nSPS) is 12.9. The number of aromatic nitrogens is 3. The Kier molecular flexibility index (Phi) is 5.05. The van der Waals surface area contributed by atoms with E-state index in [9.17, 15) is 0 Å². The van der Waals surface area contributed by atoms with Crippen LogP contribution < -0.4 is 5.32 Å². The van der Waals surface area contributed by atoms with E-state index >= 15 is 0 Å². The summed E-state index contributed by atoms with van der Waals surface area (Å²) in [5, 5.41) is 8.99. The molecule has 4 aromatic rings. The number of anilines is 1. The Morgan fingerprint density at radius 2 is 1.69 bits per heavy atom. The maximum atomic E-state index is 6.07. The minimum absolute atomic E-state index is 0.0876. The van der Waals surface area contributed by atoms with Gasteiger partial charge in [0.1, 0.15) is 5.82 Å². The number of nitrogens with zero attached hydrogens (tertiary/aromatic N) is 3. The van der Waals surface area contributed by atoms with E-state index in [1.54, 1.807) is 0 Å². The molecule has 0 fully saturated rings. The monoisotopic (exact) mass is 404 g/mol. The average Bonchev–Trinajstić information content (AvgIpc) is 3.13. The van der Waals surface area contributed by atoms with E-state index in [4.69, 9.17) is 16.6 Å². The van der Waals surface area contributed by atoms with Crippen LogP contribution in [0.5, 0.6) is 0 Å². The second-order valence-electron chi connectivity index (χ2n) is 8.35. The Morgan fingerprint density at radius 1 is 1.00 bits per heavy atom. The molecule has 2 aromatic heterocycles. The molecule has 2 aromatic carbocycles. The minimum atomic E-state index is -0.0876. The van der Waals surface area contributed by atoms with Crippen molar-refractivity contribution in [1.29, 1.82) is 0 Å². The molecule has 4 nitrogen and oxygen atoms in total. The number of benzene rings is 2. The maximum absolute atomic E-state index is 6.07. The summed E-state index contributed by atoms with van der Waals surface area (Å²) >= 11 is 6.07. The summed E-state index contributed by atoms with van der Waals surface area (Å²) in [4.78, 5) is 4.97. The average molecular weight is 405 g/mol. The van der Waals surface area contributed by atoms with Crippen LogP contribution in [0.2, 0.25) is 5.02 Å². The summed E-state index contributed by atoms with van der Waals surface area (Å²) in [5.41, 5.74) is 5.02. The molecule has 0 saturated heterocycles. The number of hydrogen-bond acceptors (Lipinski definition) is 3. The molecule has 0 aliphatic rings. The Labute approximate surface area is 176 Å². The predicted octanol–water partition coefficient (Wildman–Crippen LogP) is 6.52. The third kappa shape index (κ3) is 3.99. The molecule has 148 valence electrons. The number of rotatable bonds is 4. The zero-order chi connectivity index (χ0) is 20.6. The van der Waals surface area contributed by atoms with E-state index in [0.717, 1.165) is 28.3 Å². The molecular weight excluding hydrogens is 380 g/mol. The van der Waals surface area contributed by atoms with Gasteiger partial charge in [0.05, 0.1) is 11.9 Å². The van der Waals surface area contributed by atoms with Crippen LogP contribution in [0.25, 0.3) is 16.8 Å². The first-order valence-electron chi connectivity index (χ1n) is 9.79. The third-order valence-corrected chi connectivity index (χ3v) is 5.31. The van der Waals surface area contributed by atoms with Gasteiger partial charge >= 0.3 is 0 Å². The smallest absolute Gasteiger partial charge is 0.165 e. The van der Waals surface area contributed by atoms with Gasteiger partial charge in [0.25, 0.3) is 0 Å². The number of halogens is 1. The van der Waals surface area contributed by atoms with E-state index in [1.807, 2.05) is 41.0 Å². The van der Waals surface area contributed by atoms with Crippen molar-refractivity contribution in [3.8, 4) is 11.1 Å². The first-order chi connectivity index (χ1) is 13.8. The number of hydrogen-bond donors (Lipinski definition) is 1. The first kappa shape index (κ1) is 19.5. The molecule has 0 aliphatic carbocycles. The molecule has 2 heterocycles. The van der Waals surface area contributed by atoms with Crippen molar-refractivity contribution in [2.24, 2.45) is 0 Å². The fourth-order valence-corrected chi connectivity index (χ4v) is 3.46. The lowest BCUT2D eigenvalue weighted by atomic mass is 9.92. The van der Waals surface area contributed by atoms with Gasteiger partial charge in [-0.3, -0.25) is 0 Å². The standard InChI is InChI=1S/C24H25ClN4/c1-16(17-8-6-5-7-9-17)27-22-14-21(24(2,3)4)28-23-20(15-26-29(22)23)18-10-12-19(25)13-11-18/h5-16,27H,1-4H3/t16-/m0/s1. The van der Waals surface area contributed by atoms with Gasteiger partial charge in [-0.15, -0.1) is 0 Å². The molecule has 0 aliphatic heterocycles. The van der Waals surface area contributed by atoms with E-state index in [1.165, 1.54) is 5.56 Å². The first-order valence-corrected chi connectivity index (χ1v) is 10.2. The molecule has 5 heteroatoms. The Bertz CT molecular complexity index is 1130. The minimum Gasteiger partial charge on any atom is -0.363 e. The molecular formula is C24H25ClN4. The van der Waals surface area contributed by atoms with Crippen molar-refractivity contribution in [1.82, 2.24) is 14.6 Å². The van der Waals surface area contributed by atoms with Gasteiger partial charge in [-0.1, -0.05) is 74.8 Å². The summed E-state index contributed by atoms with van der Waals surface area (Å²) in [7, 11) is 0. The van der Waals surface area contributed by atoms with Crippen LogP contribution in [-0.2, 0) is 5.41 Å². The highest BCUT2D eigenvalue weighted by atomic mass is 35.5. The van der Waals surface area contributed by atoms with Crippen LogP contribution in [0, 0.1) is 0 Å². The molecule has 1 N–H and O–H groups in total. The van der Waals surface area contributed by atoms with Gasteiger partial charge in [-0.2, -0.15) is 9.61 Å². The molecule has 4 rings (SSSR count). The van der Waals surface area contributed by atoms with Crippen molar-refractivity contribution in [3.63, 3.8) is 0 Å². The highest BCUT2D eigenvalue weighted by molar-refractivity contribution is 6.30. The quantitative estimate of drug-likeness (QED) is 0.421. The molecule has 0 saturated carbocycles. The summed E-state index contributed by atoms with van der Waals surface area (Å²) in [5.74, 6) is 0.927. The molecule has 1 atom stereocenters. The molecule has 0 amide bonds. The van der Waals surface area contributed by atoms with Crippen LogP contribution in [0.3, 0.4) is 0 Å². The number of nitrogens with one attached hydrogen (secondary N) is 1. The Morgan fingerprint density at radius 3 is 2.34 bits per heavy atom. The van der Waals surface area contributed by atoms with Crippen molar-refractivity contribution >= 4 is 23.1 Å². The van der Waals surface area contributed by atoms with Crippen LogP contribution in [0.1, 0.15) is 45.0 Å². The Hall–Kier alpha value is -2.85. The van der Waals surface area contributed by atoms with Crippen LogP contribution in [-0.4, -0.2) is 14.6 Å². The largest absolute Gasteiger partial charge is 0.363 e. The summed E-state index contributed by atoms with van der Waals surface area (Å²) in [6, 6.07) is 20.4. The Balaban J connectivity index is 1.84. The second-order valence-corrected chi connectivity index (χ2v) is 8.79. The summed E-state index contributed by atoms with van der Waals surface area (Å²) in [6.07, 6.45) is 1.87. The van der Waals surface area contributed by atoms with Gasteiger partial charge in [0, 0.05) is 28.1 Å². The SMILES string of the molecule is C[C@H](Nc1cc(C(C)(C)C)nc2c(-c3ccc(Cl)cc3)cnn12)c1ccccc1. The van der Waals surface area contributed by atoms with Gasteiger partial charge in [-0.25, -0.2) is 4.98 Å². The molecule has 29 heavy (non-hydrogen) atoms. The summed E-state index contributed by atoms with van der Waals surface area (Å²) in [6.45, 7) is 8.68. The topological polar surface area (TPSA) is 42.2 Å². The van der Waals surface area contributed by atoms with Crippen molar-refractivity contribution in [2.45, 2.75) is 39.2 Å². The fourth-order valence-electron chi connectivity index (χ4n) is 3.33. The van der Waals surface area contributed by atoms with Crippen LogP contribution in [0.15, 0.2) is 66.9 Å². The van der Waals surface area contributed by atoms with E-state index in [-0.39, 0.29) is 11.5 Å². The van der Waals surface area contributed by atoms with Gasteiger partial charge in [-0.05, 0) is 30.2 Å². The van der Waals surface area contributed by atoms with Crippen molar-refractivity contribution in [2.75, 3.05) is 5.32 Å². The van der Waals surface area contributed by atoms with Crippen LogP contribution >= 0.6 is 11.6 Å². The van der Waals surface area contributed by atoms with Crippen LogP contribution in [0.4, 0.5) is 5.82 Å². The van der Waals surface area contributed by atoms with E-state index in [2.05, 4.69) is 68.4 Å². The van der Waals surface area contributed by atoms with Crippen molar-refractivity contribution in [3.05, 3.63) is 83.1 Å². The van der Waals surface area contributed by atoms with E-state index < -0.39 is 0 Å². The zero-order valence-electron chi connectivity index (χ0n) is 17.1. The lowest BCUT2D eigenvalue weighted by molar-refractivity contribution is 0.568. The molecule has 0 bridgehead atoms. The van der Waals surface area contributed by atoms with E-state index in [0.29, 0.717) is 5.02 Å².